The van der Waals surface area contributed by atoms with Crippen molar-refractivity contribution >= 4 is 44.4 Å². The maximum Gasteiger partial charge on any atom is 0.0553 e. The van der Waals surface area contributed by atoms with E-state index in [1.165, 1.54) is 77.5 Å². The highest BCUT2D eigenvalue weighted by Crippen LogP contribution is 2.43. The second-order valence-corrected chi connectivity index (χ2v) is 16.1. The fourth-order valence-electron chi connectivity index (χ4n) is 9.17. The molecule has 0 fully saturated rings. The van der Waals surface area contributed by atoms with E-state index in [2.05, 4.69) is 252 Å². The van der Waals surface area contributed by atoms with Gasteiger partial charge in [0.1, 0.15) is 0 Å². The Balaban J connectivity index is 1.03. The van der Waals surface area contributed by atoms with Crippen molar-refractivity contribution in [2.45, 2.75) is 12.8 Å². The van der Waals surface area contributed by atoms with Gasteiger partial charge < -0.3 is 9.47 Å². The summed E-state index contributed by atoms with van der Waals surface area (Å²) in [5.74, 6) is 0. The Hall–Kier alpha value is -7.94. The Morgan fingerprint density at radius 3 is 1.31 bits per heavy atom. The van der Waals surface area contributed by atoms with E-state index < -0.39 is 0 Å². The first-order chi connectivity index (χ1) is 30.7. The molecule has 10 aromatic rings. The minimum absolute atomic E-state index is 1.03. The molecule has 0 spiro atoms. The lowest BCUT2D eigenvalue weighted by atomic mass is 9.90. The minimum atomic E-state index is 1.03. The fourth-order valence-corrected chi connectivity index (χ4v) is 9.17. The molecule has 0 saturated carbocycles. The van der Waals surface area contributed by atoms with Crippen LogP contribution < -0.4 is 4.90 Å². The topological polar surface area (TPSA) is 8.17 Å². The molecule has 0 saturated heterocycles. The van der Waals surface area contributed by atoms with Gasteiger partial charge in [0.25, 0.3) is 0 Å². The SMILES string of the molecule is C1=CCCC(c2cc(-c3ccccc3)cc3c2c2ccc(-c4ccc(N(c5ccc(-c6ccccc6)cc5)c5ccc(-c6ccccc6)cc5)cc4)cc2n3-c2ccccc2)=C1. The van der Waals surface area contributed by atoms with E-state index >= 15 is 0 Å². The summed E-state index contributed by atoms with van der Waals surface area (Å²) in [7, 11) is 0. The standard InChI is InChI=1S/C60H44N2/c1-6-16-43(17-7-1)46-26-33-53(34-27-46)61(54-35-28-47(29-36-54)44-18-8-2-9-19-44)55-37-30-48(31-38-55)50-32-39-56-58(41-50)62(52-24-14-5-15-25-52)59-42-51(45-20-10-3-11-21-45)40-57(60(56)59)49-22-12-4-13-23-49/h1-12,14-22,24-42H,13,23H2. The molecule has 2 nitrogen and oxygen atoms in total. The van der Waals surface area contributed by atoms with Crippen LogP contribution in [0.1, 0.15) is 18.4 Å². The van der Waals surface area contributed by atoms with E-state index in [1.54, 1.807) is 0 Å². The molecule has 0 N–H and O–H groups in total. The number of nitrogens with zero attached hydrogens (tertiary/aromatic N) is 2. The van der Waals surface area contributed by atoms with Gasteiger partial charge in [-0.3, -0.25) is 0 Å². The largest absolute Gasteiger partial charge is 0.311 e. The molecular formula is C60H44N2. The third kappa shape index (κ3) is 7.02. The summed E-state index contributed by atoms with van der Waals surface area (Å²) < 4.78 is 2.47. The summed E-state index contributed by atoms with van der Waals surface area (Å²) >= 11 is 0. The summed E-state index contributed by atoms with van der Waals surface area (Å²) in [4.78, 5) is 2.35. The fraction of sp³-hybridized carbons (Fsp3) is 0.0333. The smallest absolute Gasteiger partial charge is 0.0553 e. The number of para-hydroxylation sites is 1. The highest BCUT2D eigenvalue weighted by atomic mass is 15.1. The van der Waals surface area contributed by atoms with Crippen LogP contribution in [0.25, 0.3) is 77.6 Å². The van der Waals surface area contributed by atoms with Crippen molar-refractivity contribution in [3.8, 4) is 50.2 Å². The van der Waals surface area contributed by atoms with Gasteiger partial charge in [0.05, 0.1) is 11.0 Å². The minimum Gasteiger partial charge on any atom is -0.311 e. The van der Waals surface area contributed by atoms with Crippen molar-refractivity contribution in [2.75, 3.05) is 4.90 Å². The van der Waals surface area contributed by atoms with Gasteiger partial charge in [0.2, 0.25) is 0 Å². The summed E-state index contributed by atoms with van der Waals surface area (Å²) in [6, 6.07) is 81.5. The first-order valence-electron chi connectivity index (χ1n) is 21.6. The molecular weight excluding hydrogens is 749 g/mol. The molecule has 1 aromatic heterocycles. The summed E-state index contributed by atoms with van der Waals surface area (Å²) in [6.45, 7) is 0. The van der Waals surface area contributed by atoms with Crippen LogP contribution in [-0.4, -0.2) is 4.57 Å². The third-order valence-corrected chi connectivity index (χ3v) is 12.3. The van der Waals surface area contributed by atoms with Crippen LogP contribution in [0.5, 0.6) is 0 Å². The summed E-state index contributed by atoms with van der Waals surface area (Å²) in [5, 5.41) is 2.57. The number of aromatic nitrogens is 1. The van der Waals surface area contributed by atoms with Crippen LogP contribution in [0.15, 0.2) is 243 Å². The van der Waals surface area contributed by atoms with Crippen LogP contribution in [0.4, 0.5) is 17.1 Å². The van der Waals surface area contributed by atoms with Crippen LogP contribution in [-0.2, 0) is 0 Å². The molecule has 11 rings (SSSR count). The van der Waals surface area contributed by atoms with Gasteiger partial charge >= 0.3 is 0 Å². The summed E-state index contributed by atoms with van der Waals surface area (Å²) in [6.07, 6.45) is 8.88. The van der Waals surface area contributed by atoms with E-state index in [9.17, 15) is 0 Å². The van der Waals surface area contributed by atoms with E-state index in [1.807, 2.05) is 0 Å². The molecule has 9 aromatic carbocycles. The molecule has 0 amide bonds. The molecule has 1 aliphatic carbocycles. The molecule has 62 heavy (non-hydrogen) atoms. The highest BCUT2D eigenvalue weighted by Gasteiger charge is 2.21. The molecule has 0 atom stereocenters. The van der Waals surface area contributed by atoms with Gasteiger partial charge in [-0.2, -0.15) is 0 Å². The van der Waals surface area contributed by atoms with Crippen LogP contribution >= 0.6 is 0 Å². The number of allylic oxidation sites excluding steroid dienone is 4. The summed E-state index contributed by atoms with van der Waals surface area (Å²) in [5.41, 5.74) is 19.2. The van der Waals surface area contributed by atoms with Crippen molar-refractivity contribution in [1.82, 2.24) is 4.57 Å². The average molecular weight is 793 g/mol. The lowest BCUT2D eigenvalue weighted by Crippen LogP contribution is -2.09. The van der Waals surface area contributed by atoms with Gasteiger partial charge in [0, 0.05) is 33.5 Å². The Bertz CT molecular complexity index is 3130. The molecule has 1 aliphatic rings. The molecule has 0 bridgehead atoms. The first kappa shape index (κ1) is 37.1. The van der Waals surface area contributed by atoms with E-state index in [0.717, 1.165) is 35.6 Å². The zero-order chi connectivity index (χ0) is 41.2. The molecule has 2 heteroatoms. The predicted molar refractivity (Wildman–Crippen MR) is 264 cm³/mol. The molecule has 1 heterocycles. The van der Waals surface area contributed by atoms with Gasteiger partial charge in [0.15, 0.2) is 0 Å². The van der Waals surface area contributed by atoms with E-state index in [-0.39, 0.29) is 0 Å². The maximum atomic E-state index is 2.47. The van der Waals surface area contributed by atoms with Crippen molar-refractivity contribution in [3.63, 3.8) is 0 Å². The van der Waals surface area contributed by atoms with Gasteiger partial charge in [-0.1, -0.05) is 176 Å². The van der Waals surface area contributed by atoms with Crippen LogP contribution in [0.3, 0.4) is 0 Å². The quantitative estimate of drug-likeness (QED) is 0.141. The van der Waals surface area contributed by atoms with Crippen molar-refractivity contribution < 1.29 is 0 Å². The van der Waals surface area contributed by atoms with E-state index in [4.69, 9.17) is 0 Å². The monoisotopic (exact) mass is 792 g/mol. The Morgan fingerprint density at radius 2 is 0.806 bits per heavy atom. The van der Waals surface area contributed by atoms with Crippen LogP contribution in [0, 0.1) is 0 Å². The lowest BCUT2D eigenvalue weighted by molar-refractivity contribution is 1.06. The predicted octanol–water partition coefficient (Wildman–Crippen LogP) is 16.7. The van der Waals surface area contributed by atoms with Crippen molar-refractivity contribution in [3.05, 3.63) is 248 Å². The number of benzene rings is 9. The Labute approximate surface area is 363 Å². The highest BCUT2D eigenvalue weighted by molar-refractivity contribution is 6.15. The number of rotatable bonds is 9. The number of fused-ring (bicyclic) bond motifs is 3. The number of hydrogen-bond donors (Lipinski definition) is 0. The lowest BCUT2D eigenvalue weighted by Gasteiger charge is -2.26. The normalized spacial score (nSPS) is 12.4. The van der Waals surface area contributed by atoms with E-state index in [0.29, 0.717) is 0 Å². The van der Waals surface area contributed by atoms with Crippen LogP contribution in [0.2, 0.25) is 0 Å². The molecule has 294 valence electrons. The molecule has 0 radical (unpaired) electrons. The number of hydrogen-bond acceptors (Lipinski definition) is 1. The second-order valence-electron chi connectivity index (χ2n) is 16.1. The Kier molecular flexibility index (Phi) is 9.72. The van der Waals surface area contributed by atoms with Gasteiger partial charge in [-0.25, -0.2) is 0 Å². The third-order valence-electron chi connectivity index (χ3n) is 12.3. The van der Waals surface area contributed by atoms with Gasteiger partial charge in [-0.15, -0.1) is 0 Å². The Morgan fingerprint density at radius 1 is 0.371 bits per heavy atom. The van der Waals surface area contributed by atoms with Crippen molar-refractivity contribution in [2.24, 2.45) is 0 Å². The number of anilines is 3. The zero-order valence-corrected chi connectivity index (χ0v) is 34.4. The van der Waals surface area contributed by atoms with Gasteiger partial charge in [-0.05, 0) is 135 Å². The zero-order valence-electron chi connectivity index (χ0n) is 34.4. The second kappa shape index (κ2) is 16.3. The van der Waals surface area contributed by atoms with Crippen molar-refractivity contribution in [1.29, 1.82) is 0 Å². The average Bonchev–Trinajstić information content (AvgIpc) is 3.69. The molecule has 0 aliphatic heterocycles. The first-order valence-corrected chi connectivity index (χ1v) is 21.6. The molecule has 0 unspecified atom stereocenters. The maximum absolute atomic E-state index is 2.47.